The summed E-state index contributed by atoms with van der Waals surface area (Å²) in [5.74, 6) is 0. The molecular formula is C13H16ClN3. The predicted octanol–water partition coefficient (Wildman–Crippen LogP) is 2.63. The molecule has 0 saturated carbocycles. The number of aryl methyl sites for hydroxylation is 1. The second kappa shape index (κ2) is 4.90. The van der Waals surface area contributed by atoms with E-state index in [0.717, 1.165) is 28.3 Å². The molecular weight excluding hydrogens is 234 g/mol. The Morgan fingerprint density at radius 1 is 1.47 bits per heavy atom. The maximum atomic E-state index is 6.01. The second-order valence-corrected chi connectivity index (χ2v) is 4.76. The molecule has 4 heteroatoms. The van der Waals surface area contributed by atoms with Crippen molar-refractivity contribution in [1.82, 2.24) is 9.78 Å². The Morgan fingerprint density at radius 3 is 2.88 bits per heavy atom. The highest BCUT2D eigenvalue weighted by atomic mass is 35.5. The van der Waals surface area contributed by atoms with Crippen LogP contribution in [0.1, 0.15) is 12.6 Å². The van der Waals surface area contributed by atoms with E-state index in [0.29, 0.717) is 0 Å². The van der Waals surface area contributed by atoms with Crippen LogP contribution in [0.15, 0.2) is 30.5 Å². The van der Waals surface area contributed by atoms with Crippen LogP contribution in [-0.4, -0.2) is 15.8 Å². The van der Waals surface area contributed by atoms with Crippen molar-refractivity contribution in [3.05, 3.63) is 41.2 Å². The minimum atomic E-state index is 0.114. The molecule has 0 bridgehead atoms. The van der Waals surface area contributed by atoms with Crippen LogP contribution in [0.25, 0.3) is 11.1 Å². The Kier molecular flexibility index (Phi) is 3.50. The molecule has 2 N–H and O–H groups in total. The van der Waals surface area contributed by atoms with Gasteiger partial charge in [-0.05, 0) is 24.6 Å². The van der Waals surface area contributed by atoms with Gasteiger partial charge in [0.05, 0.1) is 6.20 Å². The topological polar surface area (TPSA) is 43.8 Å². The van der Waals surface area contributed by atoms with Gasteiger partial charge in [0, 0.05) is 35.8 Å². The predicted molar refractivity (Wildman–Crippen MR) is 71.0 cm³/mol. The molecule has 0 aliphatic carbocycles. The maximum Gasteiger partial charge on any atom is 0.0571 e. The molecule has 1 aromatic heterocycles. The molecule has 17 heavy (non-hydrogen) atoms. The van der Waals surface area contributed by atoms with Crippen LogP contribution >= 0.6 is 11.6 Å². The number of benzene rings is 1. The van der Waals surface area contributed by atoms with E-state index in [1.165, 1.54) is 0 Å². The number of nitrogens with zero attached hydrogens (tertiary/aromatic N) is 2. The third-order valence-electron chi connectivity index (χ3n) is 2.71. The molecule has 0 radical (unpaired) electrons. The van der Waals surface area contributed by atoms with Gasteiger partial charge >= 0.3 is 0 Å². The Bertz CT molecular complexity index is 517. The van der Waals surface area contributed by atoms with Gasteiger partial charge in [0.15, 0.2) is 0 Å². The molecule has 0 fully saturated rings. The molecule has 1 aromatic carbocycles. The fourth-order valence-corrected chi connectivity index (χ4v) is 2.10. The molecule has 0 amide bonds. The number of hydrogen-bond acceptors (Lipinski definition) is 2. The van der Waals surface area contributed by atoms with Crippen LogP contribution in [0.5, 0.6) is 0 Å². The third-order valence-corrected chi connectivity index (χ3v) is 2.95. The monoisotopic (exact) mass is 249 g/mol. The molecule has 90 valence electrons. The summed E-state index contributed by atoms with van der Waals surface area (Å²) < 4.78 is 1.87. The van der Waals surface area contributed by atoms with Crippen LogP contribution in [0.2, 0.25) is 5.02 Å². The van der Waals surface area contributed by atoms with Crippen molar-refractivity contribution in [2.45, 2.75) is 19.4 Å². The first-order valence-electron chi connectivity index (χ1n) is 5.60. The summed E-state index contributed by atoms with van der Waals surface area (Å²) in [6.45, 7) is 1.99. The van der Waals surface area contributed by atoms with Crippen molar-refractivity contribution < 1.29 is 0 Å². The Hall–Kier alpha value is -1.32. The minimum Gasteiger partial charge on any atom is -0.328 e. The molecule has 0 aliphatic heterocycles. The lowest BCUT2D eigenvalue weighted by molar-refractivity contribution is 0.651. The highest BCUT2D eigenvalue weighted by molar-refractivity contribution is 6.30. The summed E-state index contributed by atoms with van der Waals surface area (Å²) in [5, 5.41) is 5.03. The van der Waals surface area contributed by atoms with Gasteiger partial charge in [-0.15, -0.1) is 0 Å². The summed E-state index contributed by atoms with van der Waals surface area (Å²) >= 11 is 6.01. The van der Waals surface area contributed by atoms with Crippen molar-refractivity contribution >= 4 is 11.6 Å². The van der Waals surface area contributed by atoms with Gasteiger partial charge < -0.3 is 5.73 Å². The first-order valence-corrected chi connectivity index (χ1v) is 5.98. The van der Waals surface area contributed by atoms with E-state index in [9.17, 15) is 0 Å². The lowest BCUT2D eigenvalue weighted by Gasteiger charge is -2.09. The van der Waals surface area contributed by atoms with E-state index in [1.807, 2.05) is 49.1 Å². The van der Waals surface area contributed by atoms with E-state index in [4.69, 9.17) is 17.3 Å². The van der Waals surface area contributed by atoms with E-state index in [1.54, 1.807) is 0 Å². The standard InChI is InChI=1S/C13H16ClN3/c1-9(15)6-13-12(8-16-17(13)2)10-4-3-5-11(14)7-10/h3-5,7-9H,6,15H2,1-2H3. The maximum absolute atomic E-state index is 6.01. The average Bonchev–Trinajstić information content (AvgIpc) is 2.60. The normalized spacial score (nSPS) is 12.7. The molecule has 0 saturated heterocycles. The highest BCUT2D eigenvalue weighted by Gasteiger charge is 2.12. The van der Waals surface area contributed by atoms with Crippen molar-refractivity contribution in [2.75, 3.05) is 0 Å². The molecule has 3 nitrogen and oxygen atoms in total. The number of aromatic nitrogens is 2. The second-order valence-electron chi connectivity index (χ2n) is 4.32. The fraction of sp³-hybridized carbons (Fsp3) is 0.308. The van der Waals surface area contributed by atoms with E-state index < -0.39 is 0 Å². The zero-order valence-electron chi connectivity index (χ0n) is 10.0. The first-order chi connectivity index (χ1) is 8.08. The lowest BCUT2D eigenvalue weighted by atomic mass is 10.0. The quantitative estimate of drug-likeness (QED) is 0.909. The SMILES string of the molecule is CC(N)Cc1c(-c2cccc(Cl)c2)cnn1C. The van der Waals surface area contributed by atoms with Crippen molar-refractivity contribution in [3.8, 4) is 11.1 Å². The number of rotatable bonds is 3. The molecule has 2 rings (SSSR count). The average molecular weight is 250 g/mol. The fourth-order valence-electron chi connectivity index (χ4n) is 1.91. The van der Waals surface area contributed by atoms with E-state index >= 15 is 0 Å². The van der Waals surface area contributed by atoms with E-state index in [-0.39, 0.29) is 6.04 Å². The molecule has 2 aromatic rings. The smallest absolute Gasteiger partial charge is 0.0571 e. The number of halogens is 1. The van der Waals surface area contributed by atoms with Crippen LogP contribution in [-0.2, 0) is 13.5 Å². The summed E-state index contributed by atoms with van der Waals surface area (Å²) in [4.78, 5) is 0. The largest absolute Gasteiger partial charge is 0.328 e. The summed E-state index contributed by atoms with van der Waals surface area (Å²) in [6, 6.07) is 7.91. The van der Waals surface area contributed by atoms with Gasteiger partial charge in [0.25, 0.3) is 0 Å². The van der Waals surface area contributed by atoms with Gasteiger partial charge in [-0.1, -0.05) is 23.7 Å². The van der Waals surface area contributed by atoms with Crippen LogP contribution in [0.3, 0.4) is 0 Å². The molecule has 0 aliphatic rings. The van der Waals surface area contributed by atoms with E-state index in [2.05, 4.69) is 5.10 Å². The molecule has 0 spiro atoms. The van der Waals surface area contributed by atoms with Crippen LogP contribution in [0, 0.1) is 0 Å². The molecule has 1 heterocycles. The van der Waals surface area contributed by atoms with Crippen LogP contribution < -0.4 is 5.73 Å². The Labute approximate surface area is 106 Å². The first kappa shape index (κ1) is 12.1. The number of hydrogen-bond donors (Lipinski definition) is 1. The van der Waals surface area contributed by atoms with Crippen molar-refractivity contribution in [2.24, 2.45) is 12.8 Å². The van der Waals surface area contributed by atoms with Gasteiger partial charge in [-0.25, -0.2) is 0 Å². The molecule has 1 unspecified atom stereocenters. The van der Waals surface area contributed by atoms with Crippen molar-refractivity contribution in [1.29, 1.82) is 0 Å². The Morgan fingerprint density at radius 2 is 2.24 bits per heavy atom. The van der Waals surface area contributed by atoms with Crippen LogP contribution in [0.4, 0.5) is 0 Å². The highest BCUT2D eigenvalue weighted by Crippen LogP contribution is 2.26. The zero-order valence-corrected chi connectivity index (χ0v) is 10.8. The van der Waals surface area contributed by atoms with Gasteiger partial charge in [0.1, 0.15) is 0 Å². The zero-order chi connectivity index (χ0) is 12.4. The minimum absolute atomic E-state index is 0.114. The summed E-state index contributed by atoms with van der Waals surface area (Å²) in [7, 11) is 1.94. The lowest BCUT2D eigenvalue weighted by Crippen LogP contribution is -2.20. The number of nitrogens with two attached hydrogens (primary N) is 1. The summed E-state index contributed by atoms with van der Waals surface area (Å²) in [6.07, 6.45) is 2.67. The third kappa shape index (κ3) is 2.68. The van der Waals surface area contributed by atoms with Gasteiger partial charge in [-0.3, -0.25) is 4.68 Å². The molecule has 1 atom stereocenters. The Balaban J connectivity index is 2.45. The van der Waals surface area contributed by atoms with Gasteiger partial charge in [-0.2, -0.15) is 5.10 Å². The van der Waals surface area contributed by atoms with Gasteiger partial charge in [0.2, 0.25) is 0 Å². The summed E-state index contributed by atoms with van der Waals surface area (Å²) in [5.41, 5.74) is 9.19. The van der Waals surface area contributed by atoms with Crippen molar-refractivity contribution in [3.63, 3.8) is 0 Å².